The van der Waals surface area contributed by atoms with Crippen LogP contribution in [-0.4, -0.2) is 38.5 Å². The largest absolute Gasteiger partial charge is 0.378 e. The topological polar surface area (TPSA) is 6.25 Å². The van der Waals surface area contributed by atoms with Crippen LogP contribution in [0.4, 0.5) is 5.69 Å². The van der Waals surface area contributed by atoms with E-state index in [1.165, 1.54) is 55.9 Å². The first-order valence-electron chi connectivity index (χ1n) is 11.9. The van der Waals surface area contributed by atoms with Crippen molar-refractivity contribution in [3.05, 3.63) is 119 Å². The summed E-state index contributed by atoms with van der Waals surface area (Å²) in [5, 5.41) is 0. The van der Waals surface area contributed by atoms with E-state index >= 15 is 0 Å². The van der Waals surface area contributed by atoms with Crippen LogP contribution in [0.5, 0.6) is 0 Å². The molecule has 0 bridgehead atoms. The van der Waals surface area contributed by atoms with E-state index in [0.717, 1.165) is 0 Å². The Kier molecular flexibility index (Phi) is 5.40. The molecule has 0 amide bonds. The Morgan fingerprint density at radius 1 is 0.735 bits per heavy atom. The van der Waals surface area contributed by atoms with Gasteiger partial charge in [-0.25, -0.2) is 4.58 Å². The second-order valence-corrected chi connectivity index (χ2v) is 10.2. The molecule has 0 saturated carbocycles. The molecule has 0 atom stereocenters. The highest BCUT2D eigenvalue weighted by atomic mass is 15.1. The van der Waals surface area contributed by atoms with Crippen molar-refractivity contribution in [3.63, 3.8) is 0 Å². The zero-order chi connectivity index (χ0) is 24.0. The Hall–Kier alpha value is -3.65. The van der Waals surface area contributed by atoms with E-state index in [-0.39, 0.29) is 5.41 Å². The maximum atomic E-state index is 2.37. The van der Waals surface area contributed by atoms with Crippen LogP contribution >= 0.6 is 0 Å². The third-order valence-electron chi connectivity index (χ3n) is 7.21. The van der Waals surface area contributed by atoms with Gasteiger partial charge >= 0.3 is 0 Å². The van der Waals surface area contributed by atoms with Gasteiger partial charge < -0.3 is 4.90 Å². The maximum Gasteiger partial charge on any atom is 0.199 e. The molecule has 0 saturated heterocycles. The van der Waals surface area contributed by atoms with Gasteiger partial charge in [0.1, 0.15) is 14.1 Å². The number of hydrogen-bond acceptors (Lipinski definition) is 1. The van der Waals surface area contributed by atoms with E-state index in [4.69, 9.17) is 0 Å². The predicted octanol–water partition coefficient (Wildman–Crippen LogP) is 6.72. The molecule has 34 heavy (non-hydrogen) atoms. The van der Waals surface area contributed by atoms with E-state index in [1.807, 2.05) is 0 Å². The van der Waals surface area contributed by atoms with Crippen molar-refractivity contribution >= 4 is 17.0 Å². The monoisotopic (exact) mass is 445 g/mol. The normalized spacial score (nSPS) is 16.1. The van der Waals surface area contributed by atoms with E-state index in [0.29, 0.717) is 0 Å². The molecule has 3 aromatic rings. The summed E-state index contributed by atoms with van der Waals surface area (Å²) in [6, 6.07) is 26.6. The van der Waals surface area contributed by atoms with Gasteiger partial charge in [0, 0.05) is 37.3 Å². The molecule has 2 heteroatoms. The quantitative estimate of drug-likeness (QED) is 0.406. The third kappa shape index (κ3) is 3.64. The van der Waals surface area contributed by atoms with Crippen LogP contribution in [0.25, 0.3) is 16.7 Å². The summed E-state index contributed by atoms with van der Waals surface area (Å²) in [7, 11) is 8.45. The summed E-state index contributed by atoms with van der Waals surface area (Å²) in [6.07, 6.45) is 6.93. The van der Waals surface area contributed by atoms with Crippen LogP contribution in [0.1, 0.15) is 30.5 Å². The van der Waals surface area contributed by atoms with Crippen molar-refractivity contribution in [1.29, 1.82) is 0 Å². The Morgan fingerprint density at radius 3 is 2.03 bits per heavy atom. The number of benzene rings is 3. The molecule has 0 unspecified atom stereocenters. The fraction of sp³-hybridized carbons (Fsp3) is 0.219. The number of rotatable bonds is 3. The van der Waals surface area contributed by atoms with Crippen LogP contribution in [0, 0.1) is 0 Å². The molecule has 2 aliphatic carbocycles. The van der Waals surface area contributed by atoms with Gasteiger partial charge in [0.2, 0.25) is 0 Å². The van der Waals surface area contributed by atoms with Crippen LogP contribution in [-0.2, 0) is 5.41 Å². The van der Waals surface area contributed by atoms with Crippen molar-refractivity contribution in [2.24, 2.45) is 0 Å². The molecule has 0 fully saturated rings. The van der Waals surface area contributed by atoms with Crippen molar-refractivity contribution in [2.45, 2.75) is 19.3 Å². The summed E-state index contributed by atoms with van der Waals surface area (Å²) < 4.78 is 2.19. The van der Waals surface area contributed by atoms with Gasteiger partial charge in [0.25, 0.3) is 0 Å². The first-order valence-corrected chi connectivity index (χ1v) is 11.9. The van der Waals surface area contributed by atoms with E-state index in [9.17, 15) is 0 Å². The second kappa shape index (κ2) is 8.29. The highest BCUT2D eigenvalue weighted by Gasteiger charge is 2.38. The lowest BCUT2D eigenvalue weighted by Gasteiger charge is -2.39. The summed E-state index contributed by atoms with van der Waals surface area (Å²) in [4.78, 5) is 2.19. The molecule has 0 aromatic heterocycles. The average Bonchev–Trinajstić information content (AvgIpc) is 2.84. The number of nitrogens with zero attached hydrogens (tertiary/aromatic N) is 2. The third-order valence-corrected chi connectivity index (χ3v) is 7.21. The average molecular weight is 446 g/mol. The molecular formula is C32H33N2+. The fourth-order valence-electron chi connectivity index (χ4n) is 5.15. The lowest BCUT2D eigenvalue weighted by atomic mass is 9.64. The van der Waals surface area contributed by atoms with Crippen LogP contribution in [0.3, 0.4) is 0 Å². The molecular weight excluding hydrogens is 412 g/mol. The highest BCUT2D eigenvalue weighted by molar-refractivity contribution is 6.06. The van der Waals surface area contributed by atoms with Gasteiger partial charge in [-0.3, -0.25) is 0 Å². The van der Waals surface area contributed by atoms with E-state index in [2.05, 4.69) is 143 Å². The highest BCUT2D eigenvalue weighted by Crippen LogP contribution is 2.50. The minimum Gasteiger partial charge on any atom is -0.378 e. The molecule has 2 nitrogen and oxygen atoms in total. The number of allylic oxidation sites excluding steroid dienone is 5. The lowest BCUT2D eigenvalue weighted by molar-refractivity contribution is -0.462. The van der Waals surface area contributed by atoms with Crippen LogP contribution < -0.4 is 4.90 Å². The summed E-state index contributed by atoms with van der Waals surface area (Å²) >= 11 is 0. The lowest BCUT2D eigenvalue weighted by Crippen LogP contribution is -2.30. The molecule has 0 N–H and O–H groups in total. The van der Waals surface area contributed by atoms with Crippen LogP contribution in [0.15, 0.2) is 102 Å². The van der Waals surface area contributed by atoms with Crippen LogP contribution in [0.2, 0.25) is 0 Å². The zero-order valence-electron chi connectivity index (χ0n) is 21.1. The fourth-order valence-corrected chi connectivity index (χ4v) is 5.15. The maximum absolute atomic E-state index is 2.37. The molecule has 3 aromatic carbocycles. The standard InChI is InChI=1S/C32H33N2/c1-32(2)29-20-25(33(3)4)16-18-27(29)31(28-19-17-26(34(5)6)21-30(28)32)24-14-12-23(13-15-24)22-10-8-7-9-11-22/h7-21H,1-6H3/q+1. The Labute approximate surface area is 203 Å². The van der Waals surface area contributed by atoms with Crippen molar-refractivity contribution in [3.8, 4) is 11.1 Å². The Bertz CT molecular complexity index is 1370. The number of hydrogen-bond donors (Lipinski definition) is 0. The first kappa shape index (κ1) is 22.2. The molecule has 0 spiro atoms. The Balaban J connectivity index is 1.74. The molecule has 5 rings (SSSR count). The van der Waals surface area contributed by atoms with Gasteiger partial charge in [-0.1, -0.05) is 74.5 Å². The number of fused-ring (bicyclic) bond motifs is 2. The van der Waals surface area contributed by atoms with Crippen molar-refractivity contribution < 1.29 is 4.58 Å². The minimum atomic E-state index is -0.101. The smallest absolute Gasteiger partial charge is 0.199 e. The SMILES string of the molecule is CN(C)c1ccc2c(c1)C(C)(C)C1=CC(=[N+](C)C)C=CC1=C2c1ccc(-c2ccccc2)cc1. The summed E-state index contributed by atoms with van der Waals surface area (Å²) in [6.45, 7) is 4.72. The van der Waals surface area contributed by atoms with Gasteiger partial charge in [-0.15, -0.1) is 0 Å². The summed E-state index contributed by atoms with van der Waals surface area (Å²) in [5.41, 5.74) is 12.8. The molecule has 2 aliphatic rings. The van der Waals surface area contributed by atoms with Gasteiger partial charge in [0.15, 0.2) is 5.71 Å². The van der Waals surface area contributed by atoms with E-state index in [1.54, 1.807) is 0 Å². The van der Waals surface area contributed by atoms with E-state index < -0.39 is 0 Å². The molecule has 0 heterocycles. The minimum absolute atomic E-state index is 0.101. The number of anilines is 1. The summed E-state index contributed by atoms with van der Waals surface area (Å²) in [5.74, 6) is 0. The van der Waals surface area contributed by atoms with Crippen molar-refractivity contribution in [2.75, 3.05) is 33.1 Å². The first-order chi connectivity index (χ1) is 16.3. The van der Waals surface area contributed by atoms with Gasteiger partial charge in [0.05, 0.1) is 0 Å². The second-order valence-electron chi connectivity index (χ2n) is 10.2. The Morgan fingerprint density at radius 2 is 1.38 bits per heavy atom. The van der Waals surface area contributed by atoms with Gasteiger partial charge in [-0.05, 0) is 62.7 Å². The van der Waals surface area contributed by atoms with Gasteiger partial charge in [-0.2, -0.15) is 0 Å². The zero-order valence-corrected chi connectivity index (χ0v) is 21.1. The predicted molar refractivity (Wildman–Crippen MR) is 146 cm³/mol. The molecule has 0 radical (unpaired) electrons. The molecule has 0 aliphatic heterocycles. The van der Waals surface area contributed by atoms with Crippen molar-refractivity contribution in [1.82, 2.24) is 0 Å². The molecule has 170 valence electrons.